The number of aldehydes is 1. The number of benzene rings is 2. The van der Waals surface area contributed by atoms with E-state index in [1.54, 1.807) is 34.9 Å². The van der Waals surface area contributed by atoms with Crippen LogP contribution in [0.4, 0.5) is 15.3 Å². The highest BCUT2D eigenvalue weighted by Crippen LogP contribution is 2.46. The number of amides is 3. The normalized spacial score (nSPS) is 16.9. The highest BCUT2D eigenvalue weighted by Gasteiger charge is 2.39. The maximum atomic E-state index is 13.2. The molecule has 0 aliphatic carbocycles. The number of methoxy groups -OCH3 is 2. The molecule has 1 aliphatic heterocycles. The largest absolute Gasteiger partial charge is 0.493 e. The minimum atomic E-state index is -0.454. The number of anilines is 1. The Morgan fingerprint density at radius 3 is 2.49 bits per heavy atom. The topological polar surface area (TPSA) is 97.7 Å². The lowest BCUT2D eigenvalue weighted by molar-refractivity contribution is -0.104. The molecule has 0 unspecified atom stereocenters. The summed E-state index contributed by atoms with van der Waals surface area (Å²) in [7, 11) is 3.07. The molecule has 3 rings (SSSR count). The molecule has 1 heterocycles. The smallest absolute Gasteiger partial charge is 0.410 e. The maximum Gasteiger partial charge on any atom is 0.410 e. The fourth-order valence-corrected chi connectivity index (χ4v) is 4.42. The van der Waals surface area contributed by atoms with Crippen LogP contribution in [0.1, 0.15) is 43.9 Å². The summed E-state index contributed by atoms with van der Waals surface area (Å²) in [6.07, 6.45) is 5.47. The number of hydrogen-bond acceptors (Lipinski definition) is 6. The Balaban J connectivity index is 2.08. The van der Waals surface area contributed by atoms with Crippen molar-refractivity contribution in [2.24, 2.45) is 4.99 Å². The van der Waals surface area contributed by atoms with Gasteiger partial charge in [-0.15, -0.1) is 0 Å². The predicted molar refractivity (Wildman–Crippen MR) is 142 cm³/mol. The van der Waals surface area contributed by atoms with Gasteiger partial charge in [0.1, 0.15) is 6.29 Å². The molecule has 3 amide bonds. The van der Waals surface area contributed by atoms with Crippen LogP contribution in [0.3, 0.4) is 0 Å². The van der Waals surface area contributed by atoms with Gasteiger partial charge in [-0.25, -0.2) is 14.6 Å². The second-order valence-corrected chi connectivity index (χ2v) is 8.44. The van der Waals surface area contributed by atoms with Gasteiger partial charge in [-0.1, -0.05) is 36.4 Å². The minimum Gasteiger partial charge on any atom is -0.493 e. The highest BCUT2D eigenvalue weighted by molar-refractivity contribution is 5.99. The zero-order valence-corrected chi connectivity index (χ0v) is 21.6. The summed E-state index contributed by atoms with van der Waals surface area (Å²) in [5.74, 6) is 0.940. The second-order valence-electron chi connectivity index (χ2n) is 8.44. The van der Waals surface area contributed by atoms with E-state index in [0.717, 1.165) is 11.1 Å². The van der Waals surface area contributed by atoms with Crippen molar-refractivity contribution in [2.45, 2.75) is 45.3 Å². The number of ether oxygens (including phenoxy) is 3. The molecule has 0 spiro atoms. The number of carbonyl (C=O) groups excluding carboxylic acids is 3. The Hall–Kier alpha value is -4.14. The number of hydrogen-bond donors (Lipinski definition) is 0. The fourth-order valence-electron chi connectivity index (χ4n) is 4.42. The van der Waals surface area contributed by atoms with Crippen molar-refractivity contribution in [1.29, 1.82) is 0 Å². The number of allylic oxidation sites excluding steroid dienone is 2. The predicted octanol–water partition coefficient (Wildman–Crippen LogP) is 5.34. The van der Waals surface area contributed by atoms with Gasteiger partial charge in [0.25, 0.3) is 0 Å². The fraction of sp³-hybridized carbons (Fsp3) is 0.357. The van der Waals surface area contributed by atoms with E-state index >= 15 is 0 Å². The summed E-state index contributed by atoms with van der Waals surface area (Å²) < 4.78 is 16.5. The molecule has 0 saturated heterocycles. The van der Waals surface area contributed by atoms with Crippen LogP contribution in [-0.2, 0) is 16.1 Å². The van der Waals surface area contributed by atoms with E-state index in [2.05, 4.69) is 4.99 Å². The summed E-state index contributed by atoms with van der Waals surface area (Å²) in [5, 5.41) is 0. The molecule has 0 aromatic heterocycles. The molecule has 9 nitrogen and oxygen atoms in total. The third-order valence-corrected chi connectivity index (χ3v) is 6.09. The lowest BCUT2D eigenvalue weighted by Gasteiger charge is -2.42. The van der Waals surface area contributed by atoms with E-state index in [4.69, 9.17) is 14.2 Å². The summed E-state index contributed by atoms with van der Waals surface area (Å²) >= 11 is 0. The average Bonchev–Trinajstić information content (AvgIpc) is 2.91. The Bertz CT molecular complexity index is 1150. The third-order valence-electron chi connectivity index (χ3n) is 6.09. The number of fused-ring (bicyclic) bond motifs is 1. The first-order valence-electron chi connectivity index (χ1n) is 12.1. The van der Waals surface area contributed by atoms with Crippen molar-refractivity contribution >= 4 is 30.3 Å². The Morgan fingerprint density at radius 2 is 1.84 bits per heavy atom. The van der Waals surface area contributed by atoms with Crippen LogP contribution in [0, 0.1) is 0 Å². The minimum absolute atomic E-state index is 0.239. The van der Waals surface area contributed by atoms with Crippen LogP contribution < -0.4 is 14.4 Å². The van der Waals surface area contributed by atoms with E-state index < -0.39 is 18.2 Å². The van der Waals surface area contributed by atoms with E-state index in [1.165, 1.54) is 26.5 Å². The Kier molecular flexibility index (Phi) is 9.83. The average molecular weight is 508 g/mol. The Morgan fingerprint density at radius 1 is 1.14 bits per heavy atom. The molecule has 2 aromatic carbocycles. The van der Waals surface area contributed by atoms with Crippen LogP contribution in [0.2, 0.25) is 0 Å². The number of carbonyl (C=O) groups is 3. The van der Waals surface area contributed by atoms with E-state index in [0.29, 0.717) is 42.9 Å². The molecule has 0 bridgehead atoms. The van der Waals surface area contributed by atoms with Gasteiger partial charge in [0.15, 0.2) is 11.5 Å². The van der Waals surface area contributed by atoms with Gasteiger partial charge >= 0.3 is 12.1 Å². The lowest BCUT2D eigenvalue weighted by atomic mass is 9.90. The van der Waals surface area contributed by atoms with Gasteiger partial charge in [0.05, 0.1) is 32.6 Å². The van der Waals surface area contributed by atoms with Crippen molar-refractivity contribution in [1.82, 2.24) is 4.90 Å². The van der Waals surface area contributed by atoms with Gasteiger partial charge in [-0.05, 0) is 38.0 Å². The van der Waals surface area contributed by atoms with Crippen molar-refractivity contribution in [3.05, 3.63) is 65.7 Å². The van der Waals surface area contributed by atoms with Gasteiger partial charge in [0.2, 0.25) is 0 Å². The summed E-state index contributed by atoms with van der Waals surface area (Å²) in [6.45, 7) is 4.26. The monoisotopic (exact) mass is 507 g/mol. The van der Waals surface area contributed by atoms with Crippen molar-refractivity contribution < 1.29 is 28.6 Å². The van der Waals surface area contributed by atoms with Crippen molar-refractivity contribution in [3.8, 4) is 11.5 Å². The maximum absolute atomic E-state index is 13.2. The second kappa shape index (κ2) is 13.2. The van der Waals surface area contributed by atoms with Crippen molar-refractivity contribution in [3.63, 3.8) is 0 Å². The summed E-state index contributed by atoms with van der Waals surface area (Å²) in [6, 6.07) is 12.1. The molecule has 9 heteroatoms. The zero-order chi connectivity index (χ0) is 26.8. The van der Waals surface area contributed by atoms with E-state index in [1.807, 2.05) is 37.3 Å². The van der Waals surface area contributed by atoms with Crippen LogP contribution in [0.15, 0.2) is 59.6 Å². The first kappa shape index (κ1) is 27.4. The first-order valence-corrected chi connectivity index (χ1v) is 12.1. The SMILES string of the molecule is CCOC(=O)N(Cc1ccccc1)[C@H]1C[C@@H](C)N(C(=O)N=CCC=CC=O)c2cc(OC)c(OC)cc21. The van der Waals surface area contributed by atoms with Crippen molar-refractivity contribution in [2.75, 3.05) is 25.7 Å². The van der Waals surface area contributed by atoms with Gasteiger partial charge in [0, 0.05) is 36.9 Å². The molecular weight excluding hydrogens is 474 g/mol. The van der Waals surface area contributed by atoms with Crippen LogP contribution in [0.5, 0.6) is 11.5 Å². The van der Waals surface area contributed by atoms with E-state index in [-0.39, 0.29) is 12.6 Å². The standard InChI is InChI=1S/C28H33N3O6/c1-5-37-28(34)30(19-21-12-8-6-9-13-21)23-16-20(2)31(27(33)29-14-10-7-11-15-32)24-18-26(36-4)25(35-3)17-22(23)24/h6-9,11-15,17-18,20,23H,5,10,16,19H2,1-4H3/t20-,23+/m1/s1. The molecule has 196 valence electrons. The third kappa shape index (κ3) is 6.55. The molecular formula is C28H33N3O6. The highest BCUT2D eigenvalue weighted by atomic mass is 16.6. The molecule has 2 aromatic rings. The van der Waals surface area contributed by atoms with Crippen LogP contribution in [0.25, 0.3) is 0 Å². The molecule has 0 N–H and O–H groups in total. The van der Waals surface area contributed by atoms with Crippen LogP contribution in [-0.4, -0.2) is 56.4 Å². The van der Waals surface area contributed by atoms with Gasteiger partial charge < -0.3 is 14.2 Å². The lowest BCUT2D eigenvalue weighted by Crippen LogP contribution is -2.46. The number of nitrogens with zero attached hydrogens (tertiary/aromatic N) is 3. The summed E-state index contributed by atoms with van der Waals surface area (Å²) in [5.41, 5.74) is 2.26. The molecule has 0 radical (unpaired) electrons. The quantitative estimate of drug-likeness (QED) is 0.258. The number of aliphatic imine (C=N–C) groups is 1. The van der Waals surface area contributed by atoms with E-state index in [9.17, 15) is 14.4 Å². The summed E-state index contributed by atoms with van der Waals surface area (Å²) in [4.78, 5) is 44.3. The molecule has 0 saturated carbocycles. The molecule has 37 heavy (non-hydrogen) atoms. The van der Waals surface area contributed by atoms with Crippen LogP contribution >= 0.6 is 0 Å². The van der Waals surface area contributed by atoms with Gasteiger partial charge in [-0.2, -0.15) is 0 Å². The molecule has 0 fully saturated rings. The zero-order valence-electron chi connectivity index (χ0n) is 21.6. The number of urea groups is 1. The number of rotatable bonds is 9. The first-order chi connectivity index (χ1) is 17.9. The Labute approximate surface area is 217 Å². The van der Waals surface area contributed by atoms with Gasteiger partial charge in [-0.3, -0.25) is 14.6 Å². The molecule has 1 aliphatic rings. The molecule has 2 atom stereocenters.